The van der Waals surface area contributed by atoms with Crippen LogP contribution in [0.4, 0.5) is 16.2 Å². The first-order valence-electron chi connectivity index (χ1n) is 10.7. The summed E-state index contributed by atoms with van der Waals surface area (Å²) in [5, 5.41) is 10.2. The van der Waals surface area contributed by atoms with Crippen LogP contribution in [0.3, 0.4) is 0 Å². The van der Waals surface area contributed by atoms with E-state index in [4.69, 9.17) is 14.6 Å². The molecule has 9 heteroatoms. The lowest BCUT2D eigenvalue weighted by Crippen LogP contribution is -2.13. The van der Waals surface area contributed by atoms with Crippen molar-refractivity contribution < 1.29 is 23.8 Å². The van der Waals surface area contributed by atoms with E-state index in [2.05, 4.69) is 15.4 Å². The highest BCUT2D eigenvalue weighted by atomic mass is 16.5. The predicted molar refractivity (Wildman–Crippen MR) is 133 cm³/mol. The Labute approximate surface area is 202 Å². The molecular formula is C26H24N4O5. The summed E-state index contributed by atoms with van der Waals surface area (Å²) in [6.45, 7) is 0. The van der Waals surface area contributed by atoms with Crippen LogP contribution in [0, 0.1) is 0 Å². The Hall–Kier alpha value is -4.79. The monoisotopic (exact) mass is 472 g/mol. The first kappa shape index (κ1) is 23.4. The van der Waals surface area contributed by atoms with E-state index in [0.29, 0.717) is 39.7 Å². The summed E-state index contributed by atoms with van der Waals surface area (Å²) in [6, 6.07) is 21.5. The number of rotatable bonds is 7. The van der Waals surface area contributed by atoms with E-state index in [9.17, 15) is 9.59 Å². The van der Waals surface area contributed by atoms with Crippen LogP contribution in [0.5, 0.6) is 11.5 Å². The highest BCUT2D eigenvalue weighted by Gasteiger charge is 2.22. The second kappa shape index (κ2) is 10.4. The summed E-state index contributed by atoms with van der Waals surface area (Å²) in [6.07, 6.45) is 1.10. The van der Waals surface area contributed by atoms with E-state index in [1.807, 2.05) is 30.3 Å². The van der Waals surface area contributed by atoms with Gasteiger partial charge in [0.15, 0.2) is 0 Å². The number of amides is 2. The first-order chi connectivity index (χ1) is 17.0. The number of methoxy groups -OCH3 is 3. The average Bonchev–Trinajstić information content (AvgIpc) is 3.35. The van der Waals surface area contributed by atoms with E-state index >= 15 is 0 Å². The SMILES string of the molecule is COC(=O)Nc1ccc(NC(=O)c2cn(-c3ccccc3)nc2-c2ccc(OC)cc2OC)cc1. The van der Waals surface area contributed by atoms with Crippen molar-refractivity contribution in [2.24, 2.45) is 0 Å². The zero-order valence-electron chi connectivity index (χ0n) is 19.4. The Kier molecular flexibility index (Phi) is 6.96. The Bertz CT molecular complexity index is 1330. The largest absolute Gasteiger partial charge is 0.497 e. The highest BCUT2D eigenvalue weighted by molar-refractivity contribution is 6.08. The van der Waals surface area contributed by atoms with Gasteiger partial charge in [-0.25, -0.2) is 9.48 Å². The molecule has 0 radical (unpaired) electrons. The molecule has 9 nitrogen and oxygen atoms in total. The van der Waals surface area contributed by atoms with E-state index in [-0.39, 0.29) is 5.91 Å². The van der Waals surface area contributed by atoms with Gasteiger partial charge >= 0.3 is 6.09 Å². The zero-order valence-corrected chi connectivity index (χ0v) is 19.4. The molecule has 0 bridgehead atoms. The summed E-state index contributed by atoms with van der Waals surface area (Å²) in [4.78, 5) is 24.7. The molecule has 4 aromatic rings. The second-order valence-corrected chi connectivity index (χ2v) is 7.39. The molecule has 0 saturated carbocycles. The number of carbonyl (C=O) groups excluding carboxylic acids is 2. The molecule has 0 atom stereocenters. The molecule has 0 saturated heterocycles. The van der Waals surface area contributed by atoms with Gasteiger partial charge in [0.25, 0.3) is 5.91 Å². The van der Waals surface area contributed by atoms with Gasteiger partial charge in [0.05, 0.1) is 32.6 Å². The quantitative estimate of drug-likeness (QED) is 0.393. The lowest BCUT2D eigenvalue weighted by molar-refractivity contribution is 0.102. The molecule has 178 valence electrons. The number of benzene rings is 3. The van der Waals surface area contributed by atoms with Gasteiger partial charge in [-0.2, -0.15) is 5.10 Å². The molecule has 0 aliphatic rings. The third kappa shape index (κ3) is 5.25. The van der Waals surface area contributed by atoms with Crippen LogP contribution in [0.25, 0.3) is 16.9 Å². The Balaban J connectivity index is 1.70. The molecule has 35 heavy (non-hydrogen) atoms. The van der Waals surface area contributed by atoms with Gasteiger partial charge in [-0.05, 0) is 48.5 Å². The van der Waals surface area contributed by atoms with E-state index in [1.165, 1.54) is 7.11 Å². The number of hydrogen-bond donors (Lipinski definition) is 2. The molecule has 0 aliphatic carbocycles. The van der Waals surface area contributed by atoms with Gasteiger partial charge in [0.2, 0.25) is 0 Å². The number of anilines is 2. The number of nitrogens with zero attached hydrogens (tertiary/aromatic N) is 2. The molecule has 1 aromatic heterocycles. The standard InChI is InChI=1S/C26H24N4O5/c1-33-20-13-14-21(23(15-20)34-2)24-22(16-30(29-24)19-7-5-4-6-8-19)25(31)27-17-9-11-18(12-10-17)28-26(32)35-3/h4-16H,1-3H3,(H,27,31)(H,28,32). The maximum atomic E-state index is 13.4. The summed E-state index contributed by atoms with van der Waals surface area (Å²) in [5.74, 6) is 0.795. The van der Waals surface area contributed by atoms with Crippen LogP contribution in [0.2, 0.25) is 0 Å². The van der Waals surface area contributed by atoms with Crippen molar-refractivity contribution in [3.8, 4) is 28.4 Å². The molecule has 0 spiro atoms. The van der Waals surface area contributed by atoms with Gasteiger partial charge in [0.1, 0.15) is 17.2 Å². The van der Waals surface area contributed by atoms with Crippen LogP contribution in [-0.2, 0) is 4.74 Å². The third-order valence-electron chi connectivity index (χ3n) is 5.22. The van der Waals surface area contributed by atoms with Crippen LogP contribution in [-0.4, -0.2) is 43.1 Å². The topological polar surface area (TPSA) is 104 Å². The molecule has 2 N–H and O–H groups in total. The predicted octanol–water partition coefficient (Wildman–Crippen LogP) is 4.99. The molecule has 2 amide bonds. The van der Waals surface area contributed by atoms with Gasteiger partial charge < -0.3 is 19.5 Å². The fourth-order valence-electron chi connectivity index (χ4n) is 3.45. The number of hydrogen-bond acceptors (Lipinski definition) is 6. The Morgan fingerprint density at radius 3 is 2.14 bits per heavy atom. The van der Waals surface area contributed by atoms with Gasteiger partial charge in [-0.3, -0.25) is 10.1 Å². The minimum Gasteiger partial charge on any atom is -0.497 e. The molecule has 0 aliphatic heterocycles. The van der Waals surface area contributed by atoms with E-state index in [1.54, 1.807) is 67.6 Å². The van der Waals surface area contributed by atoms with E-state index < -0.39 is 6.09 Å². The smallest absolute Gasteiger partial charge is 0.411 e. The zero-order chi connectivity index (χ0) is 24.8. The first-order valence-corrected chi connectivity index (χ1v) is 10.7. The number of aromatic nitrogens is 2. The fraction of sp³-hybridized carbons (Fsp3) is 0.115. The number of para-hydroxylation sites is 1. The molecule has 1 heterocycles. The summed E-state index contributed by atoms with van der Waals surface area (Å²) in [7, 11) is 4.41. The Morgan fingerprint density at radius 2 is 1.51 bits per heavy atom. The molecular weight excluding hydrogens is 448 g/mol. The lowest BCUT2D eigenvalue weighted by Gasteiger charge is -2.11. The lowest BCUT2D eigenvalue weighted by atomic mass is 10.1. The molecule has 4 rings (SSSR count). The van der Waals surface area contributed by atoms with Gasteiger partial charge in [0, 0.05) is 29.2 Å². The average molecular weight is 473 g/mol. The summed E-state index contributed by atoms with van der Waals surface area (Å²) < 4.78 is 17.1. The van der Waals surface area contributed by atoms with Crippen molar-refractivity contribution >= 4 is 23.4 Å². The van der Waals surface area contributed by atoms with Crippen molar-refractivity contribution in [1.82, 2.24) is 9.78 Å². The number of nitrogens with one attached hydrogen (secondary N) is 2. The third-order valence-corrected chi connectivity index (χ3v) is 5.22. The van der Waals surface area contributed by atoms with Crippen molar-refractivity contribution in [3.63, 3.8) is 0 Å². The van der Waals surface area contributed by atoms with Crippen LogP contribution < -0.4 is 20.1 Å². The normalized spacial score (nSPS) is 10.4. The van der Waals surface area contributed by atoms with Crippen molar-refractivity contribution in [1.29, 1.82) is 0 Å². The maximum Gasteiger partial charge on any atom is 0.411 e. The maximum absolute atomic E-state index is 13.4. The number of ether oxygens (including phenoxy) is 3. The minimum atomic E-state index is -0.576. The van der Waals surface area contributed by atoms with E-state index in [0.717, 1.165) is 5.69 Å². The second-order valence-electron chi connectivity index (χ2n) is 7.39. The minimum absolute atomic E-state index is 0.353. The van der Waals surface area contributed by atoms with Crippen molar-refractivity contribution in [3.05, 3.63) is 84.6 Å². The fourth-order valence-corrected chi connectivity index (χ4v) is 3.45. The molecule has 3 aromatic carbocycles. The molecule has 0 fully saturated rings. The van der Waals surface area contributed by atoms with Crippen LogP contribution >= 0.6 is 0 Å². The van der Waals surface area contributed by atoms with Gasteiger partial charge in [-0.15, -0.1) is 0 Å². The van der Waals surface area contributed by atoms with Crippen LogP contribution in [0.15, 0.2) is 79.0 Å². The number of carbonyl (C=O) groups is 2. The van der Waals surface area contributed by atoms with Crippen molar-refractivity contribution in [2.45, 2.75) is 0 Å². The summed E-state index contributed by atoms with van der Waals surface area (Å²) >= 11 is 0. The van der Waals surface area contributed by atoms with Crippen molar-refractivity contribution in [2.75, 3.05) is 32.0 Å². The highest BCUT2D eigenvalue weighted by Crippen LogP contribution is 2.35. The summed E-state index contributed by atoms with van der Waals surface area (Å²) in [5.41, 5.74) is 3.34. The molecule has 0 unspecified atom stereocenters. The van der Waals surface area contributed by atoms with Gasteiger partial charge in [-0.1, -0.05) is 18.2 Å². The van der Waals surface area contributed by atoms with Crippen LogP contribution in [0.1, 0.15) is 10.4 Å². The Morgan fingerprint density at radius 1 is 0.829 bits per heavy atom.